The highest BCUT2D eigenvalue weighted by Gasteiger charge is 2.27. The lowest BCUT2D eigenvalue weighted by molar-refractivity contribution is 0.147. The predicted molar refractivity (Wildman–Crippen MR) is 98.5 cm³/mol. The third-order valence-corrected chi connectivity index (χ3v) is 5.05. The Labute approximate surface area is 149 Å². The first kappa shape index (κ1) is 18.1. The average molecular weight is 343 g/mol. The van der Waals surface area contributed by atoms with Crippen LogP contribution in [0.4, 0.5) is 8.78 Å². The molecule has 2 aromatic carbocycles. The van der Waals surface area contributed by atoms with Gasteiger partial charge in [0.1, 0.15) is 11.6 Å². The van der Waals surface area contributed by atoms with Crippen LogP contribution < -0.4 is 0 Å². The highest BCUT2D eigenvalue weighted by Crippen LogP contribution is 2.28. The largest absolute Gasteiger partial charge is 0.295 e. The second-order valence-electron chi connectivity index (χ2n) is 8.38. The van der Waals surface area contributed by atoms with Crippen molar-refractivity contribution < 1.29 is 8.78 Å². The Morgan fingerprint density at radius 1 is 0.960 bits per heavy atom. The summed E-state index contributed by atoms with van der Waals surface area (Å²) in [5.74, 6) is -0.357. The zero-order chi connectivity index (χ0) is 18.0. The molecule has 2 aromatic rings. The quantitative estimate of drug-likeness (QED) is 0.721. The van der Waals surface area contributed by atoms with Gasteiger partial charge >= 0.3 is 0 Å². The maximum absolute atomic E-state index is 13.6. The van der Waals surface area contributed by atoms with E-state index in [-0.39, 0.29) is 17.0 Å². The first-order valence-electron chi connectivity index (χ1n) is 9.06. The van der Waals surface area contributed by atoms with Crippen molar-refractivity contribution >= 4 is 0 Å². The van der Waals surface area contributed by atoms with Crippen molar-refractivity contribution in [1.82, 2.24) is 4.90 Å². The van der Waals surface area contributed by atoms with Crippen LogP contribution in [0.15, 0.2) is 42.5 Å². The number of rotatable bonds is 4. The Balaban J connectivity index is 1.80. The third-order valence-electron chi connectivity index (χ3n) is 5.05. The zero-order valence-electron chi connectivity index (χ0n) is 15.4. The van der Waals surface area contributed by atoms with Crippen molar-refractivity contribution in [2.75, 3.05) is 6.54 Å². The molecule has 0 radical (unpaired) electrons. The molecule has 0 aliphatic carbocycles. The lowest BCUT2D eigenvalue weighted by Crippen LogP contribution is -2.43. The molecule has 0 amide bonds. The van der Waals surface area contributed by atoms with E-state index in [1.807, 2.05) is 18.2 Å². The van der Waals surface area contributed by atoms with Crippen molar-refractivity contribution in [1.29, 1.82) is 0 Å². The summed E-state index contributed by atoms with van der Waals surface area (Å²) in [6, 6.07) is 12.3. The molecule has 134 valence electrons. The van der Waals surface area contributed by atoms with Crippen molar-refractivity contribution in [2.45, 2.75) is 52.6 Å². The predicted octanol–water partition coefficient (Wildman–Crippen LogP) is 5.37. The second-order valence-corrected chi connectivity index (χ2v) is 8.38. The van der Waals surface area contributed by atoms with Gasteiger partial charge < -0.3 is 0 Å². The smallest absolute Gasteiger partial charge is 0.123 e. The fraction of sp³-hybridized carbons (Fsp3) is 0.455. The molecule has 1 atom stereocenters. The molecule has 1 aliphatic rings. The number of nitrogens with zero attached hydrogens (tertiary/aromatic N) is 1. The van der Waals surface area contributed by atoms with Crippen molar-refractivity contribution in [2.24, 2.45) is 5.41 Å². The summed E-state index contributed by atoms with van der Waals surface area (Å²) in [7, 11) is 0. The number of hydrogen-bond acceptors (Lipinski definition) is 1. The number of fused-ring (bicyclic) bond motifs is 1. The molecule has 1 heterocycles. The molecule has 0 saturated carbocycles. The van der Waals surface area contributed by atoms with Crippen LogP contribution in [0.1, 0.15) is 43.9 Å². The first-order valence-corrected chi connectivity index (χ1v) is 9.06. The van der Waals surface area contributed by atoms with E-state index in [1.54, 1.807) is 12.1 Å². The topological polar surface area (TPSA) is 3.24 Å². The Bertz CT molecular complexity index is 716. The molecule has 0 saturated heterocycles. The van der Waals surface area contributed by atoms with Gasteiger partial charge in [0, 0.05) is 12.6 Å². The van der Waals surface area contributed by atoms with E-state index in [0.717, 1.165) is 43.5 Å². The van der Waals surface area contributed by atoms with Crippen LogP contribution in [-0.4, -0.2) is 17.5 Å². The maximum Gasteiger partial charge on any atom is 0.123 e. The van der Waals surface area contributed by atoms with Gasteiger partial charge in [-0.1, -0.05) is 39.0 Å². The highest BCUT2D eigenvalue weighted by atomic mass is 19.1. The van der Waals surface area contributed by atoms with Gasteiger partial charge in [0.05, 0.1) is 0 Å². The fourth-order valence-electron chi connectivity index (χ4n) is 3.51. The molecule has 0 N–H and O–H groups in total. The van der Waals surface area contributed by atoms with Gasteiger partial charge in [-0.05, 0) is 72.2 Å². The van der Waals surface area contributed by atoms with E-state index < -0.39 is 0 Å². The van der Waals surface area contributed by atoms with Crippen LogP contribution in [0.5, 0.6) is 0 Å². The van der Waals surface area contributed by atoms with Crippen LogP contribution in [-0.2, 0) is 19.4 Å². The summed E-state index contributed by atoms with van der Waals surface area (Å²) in [5.41, 5.74) is 3.75. The molecular weight excluding hydrogens is 316 g/mol. The minimum atomic E-state index is -0.196. The lowest BCUT2D eigenvalue weighted by atomic mass is 9.87. The van der Waals surface area contributed by atoms with Crippen LogP contribution in [0.3, 0.4) is 0 Å². The van der Waals surface area contributed by atoms with Gasteiger partial charge in [-0.25, -0.2) is 8.78 Å². The highest BCUT2D eigenvalue weighted by molar-refractivity contribution is 5.31. The van der Waals surface area contributed by atoms with E-state index >= 15 is 0 Å². The molecule has 1 unspecified atom stereocenters. The van der Waals surface area contributed by atoms with E-state index in [2.05, 4.69) is 25.7 Å². The number of benzene rings is 2. The Kier molecular flexibility index (Phi) is 5.24. The molecule has 0 aromatic heterocycles. The average Bonchev–Trinajstić information content (AvgIpc) is 2.54. The van der Waals surface area contributed by atoms with Gasteiger partial charge in [0.25, 0.3) is 0 Å². The van der Waals surface area contributed by atoms with Crippen molar-refractivity contribution in [3.63, 3.8) is 0 Å². The first-order chi connectivity index (χ1) is 11.8. The fourth-order valence-corrected chi connectivity index (χ4v) is 3.51. The van der Waals surface area contributed by atoms with Crippen LogP contribution in [0, 0.1) is 17.0 Å². The van der Waals surface area contributed by atoms with E-state index in [0.29, 0.717) is 6.04 Å². The maximum atomic E-state index is 13.6. The van der Waals surface area contributed by atoms with Gasteiger partial charge in [0.15, 0.2) is 0 Å². The minimum absolute atomic E-state index is 0.161. The normalized spacial score (nSPS) is 18.2. The number of hydrogen-bond donors (Lipinski definition) is 0. The summed E-state index contributed by atoms with van der Waals surface area (Å²) in [5, 5.41) is 0. The van der Waals surface area contributed by atoms with Crippen molar-refractivity contribution in [3.8, 4) is 0 Å². The van der Waals surface area contributed by atoms with Crippen LogP contribution >= 0.6 is 0 Å². The van der Waals surface area contributed by atoms with Gasteiger partial charge in [-0.3, -0.25) is 4.90 Å². The molecule has 25 heavy (non-hydrogen) atoms. The Morgan fingerprint density at radius 2 is 1.64 bits per heavy atom. The van der Waals surface area contributed by atoms with Crippen LogP contribution in [0.2, 0.25) is 0 Å². The van der Waals surface area contributed by atoms with E-state index in [9.17, 15) is 8.78 Å². The van der Waals surface area contributed by atoms with Gasteiger partial charge in [-0.15, -0.1) is 0 Å². The summed E-state index contributed by atoms with van der Waals surface area (Å²) < 4.78 is 26.8. The summed E-state index contributed by atoms with van der Waals surface area (Å²) in [4.78, 5) is 2.47. The molecule has 1 aliphatic heterocycles. The molecule has 0 fully saturated rings. The SMILES string of the molecule is CC(C)(C)CCN1Cc2cc(F)ccc2CC1Cc1ccc(F)cc1. The Hall–Kier alpha value is -1.74. The molecular formula is C22H27F2N. The van der Waals surface area contributed by atoms with Gasteiger partial charge in [0.2, 0.25) is 0 Å². The van der Waals surface area contributed by atoms with Crippen LogP contribution in [0.25, 0.3) is 0 Å². The standard InChI is InChI=1S/C22H27F2N/c1-22(2,3)10-11-25-15-18-13-20(24)9-6-17(18)14-21(25)12-16-4-7-19(23)8-5-16/h4-9,13,21H,10-12,14-15H2,1-3H3. The summed E-state index contributed by atoms with van der Waals surface area (Å²) in [6.45, 7) is 8.53. The zero-order valence-corrected chi connectivity index (χ0v) is 15.4. The van der Waals surface area contributed by atoms with E-state index in [4.69, 9.17) is 0 Å². The molecule has 3 rings (SSSR count). The monoisotopic (exact) mass is 343 g/mol. The van der Waals surface area contributed by atoms with E-state index in [1.165, 1.54) is 17.7 Å². The molecule has 1 nitrogen and oxygen atoms in total. The lowest BCUT2D eigenvalue weighted by Gasteiger charge is -2.38. The number of halogens is 2. The van der Waals surface area contributed by atoms with Crippen molar-refractivity contribution in [3.05, 3.63) is 70.8 Å². The molecule has 0 bridgehead atoms. The molecule has 3 heteroatoms. The Morgan fingerprint density at radius 3 is 2.32 bits per heavy atom. The summed E-state index contributed by atoms with van der Waals surface area (Å²) in [6.07, 6.45) is 2.90. The molecule has 0 spiro atoms. The second kappa shape index (κ2) is 7.25. The summed E-state index contributed by atoms with van der Waals surface area (Å²) >= 11 is 0. The van der Waals surface area contributed by atoms with Gasteiger partial charge in [-0.2, -0.15) is 0 Å². The minimum Gasteiger partial charge on any atom is -0.295 e. The third kappa shape index (κ3) is 4.88.